The van der Waals surface area contributed by atoms with E-state index in [9.17, 15) is 0 Å². The van der Waals surface area contributed by atoms with Crippen LogP contribution < -0.4 is 0 Å². The number of allylic oxidation sites excluding steroid dienone is 3. The van der Waals surface area contributed by atoms with Gasteiger partial charge in [-0.05, 0) is 24.3 Å². The van der Waals surface area contributed by atoms with Crippen molar-refractivity contribution in [1.29, 1.82) is 0 Å². The minimum absolute atomic E-state index is 0.623. The lowest BCUT2D eigenvalue weighted by Gasteiger charge is -2.17. The lowest BCUT2D eigenvalue weighted by Crippen LogP contribution is -2.03. The molecule has 0 radical (unpaired) electrons. The highest BCUT2D eigenvalue weighted by atomic mass is 14.7. The van der Waals surface area contributed by atoms with Crippen LogP contribution >= 0.6 is 0 Å². The zero-order valence-corrected chi connectivity index (χ0v) is 13.6. The van der Waals surface area contributed by atoms with Crippen LogP contribution in [0.15, 0.2) is 42.1 Å². The van der Waals surface area contributed by atoms with Gasteiger partial charge in [-0.3, -0.25) is 4.99 Å². The summed E-state index contributed by atoms with van der Waals surface area (Å²) in [6, 6.07) is 0. The van der Waals surface area contributed by atoms with Crippen LogP contribution in [0.5, 0.6) is 0 Å². The molecule has 0 rings (SSSR count). The van der Waals surface area contributed by atoms with Crippen molar-refractivity contribution in [1.82, 2.24) is 0 Å². The smallest absolute Gasteiger partial charge is 0.0302 e. The summed E-state index contributed by atoms with van der Waals surface area (Å²) in [7, 11) is 0. The lowest BCUT2D eigenvalue weighted by atomic mass is 9.88. The molecule has 1 atom stereocenters. The number of unbranched alkanes of at least 4 members (excludes halogenated alkanes) is 5. The van der Waals surface area contributed by atoms with Gasteiger partial charge in [0.15, 0.2) is 0 Å². The van der Waals surface area contributed by atoms with Crippen LogP contribution in [0.2, 0.25) is 0 Å². The molecular weight excluding hydrogens is 242 g/mol. The normalized spacial score (nSPS) is 13.6. The van der Waals surface area contributed by atoms with Gasteiger partial charge in [0.05, 0.1) is 0 Å². The number of hydrogen-bond acceptors (Lipinski definition) is 1. The Morgan fingerprint density at radius 1 is 0.950 bits per heavy atom. The molecule has 1 unspecified atom stereocenters. The van der Waals surface area contributed by atoms with Gasteiger partial charge in [-0.25, -0.2) is 0 Å². The third kappa shape index (κ3) is 9.77. The van der Waals surface area contributed by atoms with Crippen LogP contribution in [-0.4, -0.2) is 6.21 Å². The fraction of sp³-hybridized carbons (Fsp3) is 0.632. The molecule has 0 aromatic rings. The first-order chi connectivity index (χ1) is 9.79. The topological polar surface area (TPSA) is 12.4 Å². The number of nitrogens with zero attached hydrogens (tertiary/aromatic N) is 1. The summed E-state index contributed by atoms with van der Waals surface area (Å²) >= 11 is 0. The van der Waals surface area contributed by atoms with Crippen molar-refractivity contribution in [2.45, 2.75) is 71.6 Å². The third-order valence-corrected chi connectivity index (χ3v) is 3.68. The van der Waals surface area contributed by atoms with Gasteiger partial charge < -0.3 is 0 Å². The Hall–Kier alpha value is -1.11. The van der Waals surface area contributed by atoms with E-state index in [2.05, 4.69) is 32.0 Å². The molecule has 0 heterocycles. The molecule has 1 nitrogen and oxygen atoms in total. The molecule has 0 amide bonds. The molecule has 0 spiro atoms. The number of rotatable bonds is 13. The Bertz CT molecular complexity index is 299. The van der Waals surface area contributed by atoms with Crippen molar-refractivity contribution in [3.05, 3.63) is 37.1 Å². The molecule has 114 valence electrons. The highest BCUT2D eigenvalue weighted by Crippen LogP contribution is 2.26. The molecule has 0 aliphatic rings. The van der Waals surface area contributed by atoms with Gasteiger partial charge in [0, 0.05) is 12.4 Å². The second-order valence-corrected chi connectivity index (χ2v) is 5.41. The molecule has 0 bridgehead atoms. The molecule has 20 heavy (non-hydrogen) atoms. The largest absolute Gasteiger partial charge is 0.264 e. The fourth-order valence-electron chi connectivity index (χ4n) is 2.45. The van der Waals surface area contributed by atoms with E-state index >= 15 is 0 Å². The molecule has 1 heteroatoms. The van der Waals surface area contributed by atoms with Gasteiger partial charge in [0.2, 0.25) is 0 Å². The van der Waals surface area contributed by atoms with Crippen molar-refractivity contribution in [3.8, 4) is 0 Å². The lowest BCUT2D eigenvalue weighted by molar-refractivity contribution is 0.464. The average molecular weight is 275 g/mol. The van der Waals surface area contributed by atoms with Crippen molar-refractivity contribution in [3.63, 3.8) is 0 Å². The summed E-state index contributed by atoms with van der Waals surface area (Å²) in [6.07, 6.45) is 19.2. The summed E-state index contributed by atoms with van der Waals surface area (Å²) in [5, 5.41) is 0. The van der Waals surface area contributed by atoms with Crippen LogP contribution in [-0.2, 0) is 0 Å². The molecule has 0 saturated heterocycles. The molecule has 0 fully saturated rings. The number of hydrogen-bond donors (Lipinski definition) is 0. The molecule has 0 aliphatic heterocycles. The first-order valence-electron chi connectivity index (χ1n) is 8.26. The summed E-state index contributed by atoms with van der Waals surface area (Å²) in [4.78, 5) is 4.28. The maximum Gasteiger partial charge on any atom is 0.0302 e. The molecule has 0 aromatic carbocycles. The predicted octanol–water partition coefficient (Wildman–Crippen LogP) is 6.48. The zero-order chi connectivity index (χ0) is 15.1. The van der Waals surface area contributed by atoms with E-state index in [1.165, 1.54) is 63.4 Å². The first-order valence-corrected chi connectivity index (χ1v) is 8.26. The Morgan fingerprint density at radius 3 is 2.10 bits per heavy atom. The van der Waals surface area contributed by atoms with Crippen LogP contribution in [0.25, 0.3) is 0 Å². The highest BCUT2D eigenvalue weighted by molar-refractivity contribution is 5.70. The van der Waals surface area contributed by atoms with Crippen molar-refractivity contribution in [2.75, 3.05) is 0 Å². The van der Waals surface area contributed by atoms with E-state index in [0.717, 1.165) is 0 Å². The summed E-state index contributed by atoms with van der Waals surface area (Å²) in [5.41, 5.74) is 1.29. The molecular formula is C19H33N. The minimum Gasteiger partial charge on any atom is -0.264 e. The van der Waals surface area contributed by atoms with Gasteiger partial charge in [0.1, 0.15) is 0 Å². The Morgan fingerprint density at radius 2 is 1.55 bits per heavy atom. The van der Waals surface area contributed by atoms with Gasteiger partial charge in [-0.1, -0.05) is 84.1 Å². The second-order valence-electron chi connectivity index (χ2n) is 5.41. The summed E-state index contributed by atoms with van der Waals surface area (Å²) in [5.74, 6) is 0.623. The highest BCUT2D eigenvalue weighted by Gasteiger charge is 2.11. The molecule has 0 aliphatic carbocycles. The van der Waals surface area contributed by atoms with Crippen LogP contribution in [0.3, 0.4) is 0 Å². The predicted molar refractivity (Wildman–Crippen MR) is 93.4 cm³/mol. The minimum atomic E-state index is 0.623. The third-order valence-electron chi connectivity index (χ3n) is 3.68. The van der Waals surface area contributed by atoms with Crippen molar-refractivity contribution >= 4 is 6.21 Å². The maximum absolute atomic E-state index is 4.28. The molecule has 0 aromatic heterocycles. The summed E-state index contributed by atoms with van der Waals surface area (Å²) in [6.45, 7) is 12.1. The molecule has 0 saturated carbocycles. The fourth-order valence-corrected chi connectivity index (χ4v) is 2.45. The Balaban J connectivity index is 4.50. The Labute approximate surface area is 126 Å². The number of aliphatic imine (C=N–C) groups is 1. The molecule has 0 N–H and O–H groups in total. The Kier molecular flexibility index (Phi) is 13.5. The quantitative estimate of drug-likeness (QED) is 0.207. The van der Waals surface area contributed by atoms with E-state index in [1.807, 2.05) is 12.3 Å². The zero-order valence-electron chi connectivity index (χ0n) is 13.6. The van der Waals surface area contributed by atoms with Gasteiger partial charge >= 0.3 is 0 Å². The van der Waals surface area contributed by atoms with Crippen molar-refractivity contribution < 1.29 is 0 Å². The standard InChI is InChI=1S/C19H33N/c1-5-9-11-13-15-19(14-12-10-6-2)18(8-4)17-20-16-7-3/h7-8,16-17,19H,3-6,9-15H2,1-2H3/b18-17+,20-16-. The second kappa shape index (κ2) is 14.3. The van der Waals surface area contributed by atoms with E-state index in [0.29, 0.717) is 5.92 Å². The van der Waals surface area contributed by atoms with E-state index < -0.39 is 0 Å². The summed E-state index contributed by atoms with van der Waals surface area (Å²) < 4.78 is 0. The van der Waals surface area contributed by atoms with Crippen LogP contribution in [0.1, 0.15) is 71.6 Å². The van der Waals surface area contributed by atoms with Gasteiger partial charge in [0.25, 0.3) is 0 Å². The maximum atomic E-state index is 4.28. The van der Waals surface area contributed by atoms with Gasteiger partial charge in [-0.15, -0.1) is 0 Å². The van der Waals surface area contributed by atoms with E-state index in [1.54, 1.807) is 12.3 Å². The van der Waals surface area contributed by atoms with Crippen molar-refractivity contribution in [2.24, 2.45) is 10.9 Å². The monoisotopic (exact) mass is 275 g/mol. The van der Waals surface area contributed by atoms with Gasteiger partial charge in [-0.2, -0.15) is 0 Å². The average Bonchev–Trinajstić information content (AvgIpc) is 2.47. The van der Waals surface area contributed by atoms with E-state index in [4.69, 9.17) is 0 Å². The first kappa shape index (κ1) is 18.9. The van der Waals surface area contributed by atoms with Crippen LogP contribution in [0.4, 0.5) is 0 Å². The van der Waals surface area contributed by atoms with E-state index in [-0.39, 0.29) is 0 Å². The SMILES string of the molecule is C=C/C=N\C=C(/C=C)C(CCCCC)CCCCCC. The van der Waals surface area contributed by atoms with Crippen LogP contribution in [0, 0.1) is 5.92 Å².